The standard InChI is InChI=1S/C15H21N5O/c1-9-14(15(21)19-11(3)17-9)10(2)18-12-6-7-13(16-8-12)20(4)5/h6-8,10,18H,1-5H3,(H,17,19,21). The second kappa shape index (κ2) is 5.95. The van der Waals surface area contributed by atoms with Gasteiger partial charge in [0.15, 0.2) is 0 Å². The van der Waals surface area contributed by atoms with Gasteiger partial charge in [-0.05, 0) is 32.9 Å². The summed E-state index contributed by atoms with van der Waals surface area (Å²) in [4.78, 5) is 25.4. The summed E-state index contributed by atoms with van der Waals surface area (Å²) < 4.78 is 0. The maximum atomic E-state index is 12.1. The van der Waals surface area contributed by atoms with Gasteiger partial charge in [0.05, 0.1) is 29.2 Å². The molecule has 112 valence electrons. The third kappa shape index (κ3) is 3.39. The Kier molecular flexibility index (Phi) is 4.26. The van der Waals surface area contributed by atoms with Crippen molar-refractivity contribution in [1.82, 2.24) is 15.0 Å². The number of hydrogen-bond donors (Lipinski definition) is 2. The fourth-order valence-corrected chi connectivity index (χ4v) is 2.30. The zero-order chi connectivity index (χ0) is 15.6. The van der Waals surface area contributed by atoms with Crippen molar-refractivity contribution in [2.75, 3.05) is 24.3 Å². The molecule has 0 aliphatic rings. The number of H-pyrrole nitrogens is 1. The second-order valence-corrected chi connectivity index (χ2v) is 5.32. The monoisotopic (exact) mass is 287 g/mol. The van der Waals surface area contributed by atoms with Gasteiger partial charge < -0.3 is 15.2 Å². The molecule has 0 aliphatic carbocycles. The number of aryl methyl sites for hydroxylation is 2. The van der Waals surface area contributed by atoms with E-state index in [4.69, 9.17) is 0 Å². The molecule has 0 fully saturated rings. The van der Waals surface area contributed by atoms with Crippen molar-refractivity contribution >= 4 is 11.5 Å². The summed E-state index contributed by atoms with van der Waals surface area (Å²) in [6, 6.07) is 3.73. The van der Waals surface area contributed by atoms with Crippen molar-refractivity contribution < 1.29 is 0 Å². The molecule has 2 N–H and O–H groups in total. The lowest BCUT2D eigenvalue weighted by atomic mass is 10.1. The van der Waals surface area contributed by atoms with Crippen molar-refractivity contribution in [3.63, 3.8) is 0 Å². The van der Waals surface area contributed by atoms with Crippen LogP contribution in [0.5, 0.6) is 0 Å². The van der Waals surface area contributed by atoms with E-state index < -0.39 is 0 Å². The first-order chi connectivity index (χ1) is 9.88. The van der Waals surface area contributed by atoms with Crippen molar-refractivity contribution in [2.24, 2.45) is 0 Å². The average molecular weight is 287 g/mol. The summed E-state index contributed by atoms with van der Waals surface area (Å²) in [5.74, 6) is 1.52. The van der Waals surface area contributed by atoms with E-state index >= 15 is 0 Å². The van der Waals surface area contributed by atoms with Crippen LogP contribution in [0.4, 0.5) is 11.5 Å². The highest BCUT2D eigenvalue weighted by Crippen LogP contribution is 2.19. The SMILES string of the molecule is Cc1nc(C)c(C(C)Nc2ccc(N(C)C)nc2)c(=O)[nH]1. The Bertz CT molecular complexity index is 675. The lowest BCUT2D eigenvalue weighted by Gasteiger charge is -2.17. The third-order valence-electron chi connectivity index (χ3n) is 3.29. The van der Waals surface area contributed by atoms with Crippen molar-refractivity contribution in [3.05, 3.63) is 45.8 Å². The minimum absolute atomic E-state index is 0.0992. The molecule has 6 nitrogen and oxygen atoms in total. The van der Waals surface area contributed by atoms with Gasteiger partial charge in [-0.1, -0.05) is 0 Å². The molecule has 0 aromatic carbocycles. The van der Waals surface area contributed by atoms with E-state index in [0.717, 1.165) is 17.2 Å². The number of nitrogens with one attached hydrogen (secondary N) is 2. The van der Waals surface area contributed by atoms with E-state index in [1.807, 2.05) is 45.0 Å². The second-order valence-electron chi connectivity index (χ2n) is 5.32. The van der Waals surface area contributed by atoms with Gasteiger partial charge in [-0.15, -0.1) is 0 Å². The molecule has 2 aromatic heterocycles. The van der Waals surface area contributed by atoms with Crippen LogP contribution in [0, 0.1) is 13.8 Å². The van der Waals surface area contributed by atoms with Crippen LogP contribution >= 0.6 is 0 Å². The number of aromatic amines is 1. The molecule has 0 aliphatic heterocycles. The molecule has 0 saturated heterocycles. The minimum Gasteiger partial charge on any atom is -0.377 e. The van der Waals surface area contributed by atoms with Crippen molar-refractivity contribution in [3.8, 4) is 0 Å². The summed E-state index contributed by atoms with van der Waals surface area (Å²) in [5.41, 5.74) is 2.16. The van der Waals surface area contributed by atoms with Crippen LogP contribution in [-0.4, -0.2) is 29.0 Å². The summed E-state index contributed by atoms with van der Waals surface area (Å²) >= 11 is 0. The Hall–Kier alpha value is -2.37. The molecule has 0 amide bonds. The zero-order valence-corrected chi connectivity index (χ0v) is 13.1. The zero-order valence-electron chi connectivity index (χ0n) is 13.1. The highest BCUT2D eigenvalue weighted by molar-refractivity contribution is 5.49. The Morgan fingerprint density at radius 1 is 1.29 bits per heavy atom. The molecule has 2 heterocycles. The largest absolute Gasteiger partial charge is 0.377 e. The topological polar surface area (TPSA) is 73.9 Å². The molecule has 0 bridgehead atoms. The van der Waals surface area contributed by atoms with Crippen molar-refractivity contribution in [2.45, 2.75) is 26.8 Å². The van der Waals surface area contributed by atoms with Gasteiger partial charge in [0.2, 0.25) is 0 Å². The van der Waals surface area contributed by atoms with Gasteiger partial charge in [-0.25, -0.2) is 9.97 Å². The Morgan fingerprint density at radius 3 is 2.52 bits per heavy atom. The van der Waals surface area contributed by atoms with Crippen LogP contribution < -0.4 is 15.8 Å². The van der Waals surface area contributed by atoms with Gasteiger partial charge in [-0.2, -0.15) is 0 Å². The van der Waals surface area contributed by atoms with E-state index in [9.17, 15) is 4.79 Å². The smallest absolute Gasteiger partial charge is 0.256 e. The molecule has 1 atom stereocenters. The van der Waals surface area contributed by atoms with Gasteiger partial charge in [-0.3, -0.25) is 4.79 Å². The Morgan fingerprint density at radius 2 is 2.00 bits per heavy atom. The van der Waals surface area contributed by atoms with E-state index in [0.29, 0.717) is 11.4 Å². The summed E-state index contributed by atoms with van der Waals surface area (Å²) in [6.45, 7) is 5.57. The lowest BCUT2D eigenvalue weighted by Crippen LogP contribution is -2.23. The number of anilines is 2. The number of rotatable bonds is 4. The molecule has 0 spiro atoms. The van der Waals surface area contributed by atoms with E-state index in [-0.39, 0.29) is 11.6 Å². The molecule has 21 heavy (non-hydrogen) atoms. The normalized spacial score (nSPS) is 12.0. The molecule has 6 heteroatoms. The molecule has 0 radical (unpaired) electrons. The lowest BCUT2D eigenvalue weighted by molar-refractivity contribution is 0.813. The minimum atomic E-state index is -0.145. The Labute approximate surface area is 124 Å². The number of aromatic nitrogens is 3. The summed E-state index contributed by atoms with van der Waals surface area (Å²) in [6.07, 6.45) is 1.76. The number of hydrogen-bond acceptors (Lipinski definition) is 5. The maximum absolute atomic E-state index is 12.1. The first kappa shape index (κ1) is 15.0. The van der Waals surface area contributed by atoms with E-state index in [2.05, 4.69) is 20.3 Å². The highest BCUT2D eigenvalue weighted by Gasteiger charge is 2.14. The van der Waals surface area contributed by atoms with Gasteiger partial charge in [0.25, 0.3) is 5.56 Å². The molecule has 2 aromatic rings. The summed E-state index contributed by atoms with van der Waals surface area (Å²) in [5, 5.41) is 3.28. The maximum Gasteiger partial charge on any atom is 0.256 e. The van der Waals surface area contributed by atoms with Gasteiger partial charge >= 0.3 is 0 Å². The van der Waals surface area contributed by atoms with Crippen LogP contribution in [-0.2, 0) is 0 Å². The van der Waals surface area contributed by atoms with Gasteiger partial charge in [0.1, 0.15) is 11.6 Å². The average Bonchev–Trinajstić information content (AvgIpc) is 2.37. The third-order valence-corrected chi connectivity index (χ3v) is 3.29. The molecular formula is C15H21N5O. The van der Waals surface area contributed by atoms with Crippen LogP contribution in [0.25, 0.3) is 0 Å². The molecule has 2 rings (SSSR count). The van der Waals surface area contributed by atoms with Crippen LogP contribution in [0.15, 0.2) is 23.1 Å². The fraction of sp³-hybridized carbons (Fsp3) is 0.400. The number of pyridine rings is 1. The fourth-order valence-electron chi connectivity index (χ4n) is 2.30. The molecular weight excluding hydrogens is 266 g/mol. The van der Waals surface area contributed by atoms with E-state index in [1.54, 1.807) is 13.1 Å². The molecule has 1 unspecified atom stereocenters. The van der Waals surface area contributed by atoms with E-state index in [1.165, 1.54) is 0 Å². The first-order valence-electron chi connectivity index (χ1n) is 6.86. The quantitative estimate of drug-likeness (QED) is 0.900. The van der Waals surface area contributed by atoms with Crippen LogP contribution in [0.1, 0.15) is 30.0 Å². The first-order valence-corrected chi connectivity index (χ1v) is 6.86. The Balaban J connectivity index is 2.22. The highest BCUT2D eigenvalue weighted by atomic mass is 16.1. The predicted molar refractivity (Wildman–Crippen MR) is 84.9 cm³/mol. The predicted octanol–water partition coefficient (Wildman–Crippen LogP) is 2.02. The molecule has 0 saturated carbocycles. The van der Waals surface area contributed by atoms with Gasteiger partial charge in [0, 0.05) is 14.1 Å². The number of nitrogens with zero attached hydrogens (tertiary/aromatic N) is 3. The van der Waals surface area contributed by atoms with Crippen molar-refractivity contribution in [1.29, 1.82) is 0 Å². The van der Waals surface area contributed by atoms with Crippen LogP contribution in [0.2, 0.25) is 0 Å². The van der Waals surface area contributed by atoms with Crippen LogP contribution in [0.3, 0.4) is 0 Å². The summed E-state index contributed by atoms with van der Waals surface area (Å²) in [7, 11) is 3.89.